The van der Waals surface area contributed by atoms with Crippen LogP contribution in [0, 0.1) is 0 Å². The van der Waals surface area contributed by atoms with Crippen LogP contribution in [-0.4, -0.2) is 9.04 Å². The summed E-state index contributed by atoms with van der Waals surface area (Å²) >= 11 is 0. The van der Waals surface area contributed by atoms with E-state index < -0.39 is 9.04 Å². The lowest BCUT2D eigenvalue weighted by Gasteiger charge is -2.29. The van der Waals surface area contributed by atoms with Gasteiger partial charge in [-0.3, -0.25) is 0 Å². The van der Waals surface area contributed by atoms with Crippen molar-refractivity contribution in [1.82, 2.24) is 0 Å². The zero-order valence-electron chi connectivity index (χ0n) is 24.4. The Morgan fingerprint density at radius 3 is 1.38 bits per heavy atom. The molecule has 0 aliphatic rings. The maximum absolute atomic E-state index is 6.57. The molecule has 0 aliphatic heterocycles. The monoisotopic (exact) mass is 477 g/mol. The molecule has 0 atom stereocenters. The molecule has 1 radical (unpaired) electrons. The van der Waals surface area contributed by atoms with Crippen molar-refractivity contribution in [2.24, 2.45) is 0 Å². The maximum atomic E-state index is 6.57. The molecule has 2 rings (SSSR count). The van der Waals surface area contributed by atoms with Gasteiger partial charge in [0.2, 0.25) is 0 Å². The van der Waals surface area contributed by atoms with Crippen LogP contribution in [0.3, 0.4) is 0 Å². The highest BCUT2D eigenvalue weighted by atomic mass is 28.3. The first-order valence-electron chi connectivity index (χ1n) is 12.7. The highest BCUT2D eigenvalue weighted by molar-refractivity contribution is 6.49. The SMILES string of the molecule is C[Si](C)Oc1c(/C=C/c2cc(C(C)(C)C)cc(C(C)(C)C)c2)cc(C(C)(C)C)cc1C(C)(C)C. The van der Waals surface area contributed by atoms with E-state index in [2.05, 4.69) is 139 Å². The van der Waals surface area contributed by atoms with Gasteiger partial charge >= 0.3 is 0 Å². The summed E-state index contributed by atoms with van der Waals surface area (Å²) in [7, 11) is -0.906. The second kappa shape index (κ2) is 9.68. The molecular weight excluding hydrogens is 428 g/mol. The molecule has 0 saturated carbocycles. The Balaban J connectivity index is 2.78. The standard InChI is InChI=1S/C32H49OSi/c1-29(2,3)24-17-22(18-25(20-24)30(4,5)6)15-16-23-19-26(31(7,8)9)21-27(32(10,11)12)28(23)33-34(13)14/h15-21H,1-14H3/b16-15+. The molecule has 2 heteroatoms. The van der Waals surface area contributed by atoms with Gasteiger partial charge in [0.05, 0.1) is 0 Å². The van der Waals surface area contributed by atoms with Crippen molar-refractivity contribution < 1.29 is 4.43 Å². The lowest BCUT2D eigenvalue weighted by Crippen LogP contribution is -2.21. The smallest absolute Gasteiger partial charge is 0.274 e. The van der Waals surface area contributed by atoms with E-state index in [0.29, 0.717) is 0 Å². The van der Waals surface area contributed by atoms with Gasteiger partial charge in [-0.25, -0.2) is 0 Å². The predicted molar refractivity (Wildman–Crippen MR) is 155 cm³/mol. The molecule has 0 spiro atoms. The van der Waals surface area contributed by atoms with Crippen LogP contribution < -0.4 is 4.43 Å². The van der Waals surface area contributed by atoms with E-state index >= 15 is 0 Å². The fourth-order valence-corrected chi connectivity index (χ4v) is 4.52. The van der Waals surface area contributed by atoms with Crippen molar-refractivity contribution in [3.63, 3.8) is 0 Å². The van der Waals surface area contributed by atoms with Crippen LogP contribution in [0.1, 0.15) is 116 Å². The molecule has 187 valence electrons. The lowest BCUT2D eigenvalue weighted by molar-refractivity contribution is 0.513. The second-order valence-corrected chi connectivity index (χ2v) is 16.2. The van der Waals surface area contributed by atoms with E-state index in [9.17, 15) is 0 Å². The van der Waals surface area contributed by atoms with Crippen molar-refractivity contribution in [3.8, 4) is 5.75 Å². The molecule has 0 N–H and O–H groups in total. The first-order chi connectivity index (χ1) is 15.2. The Hall–Kier alpha value is -1.80. The first-order valence-corrected chi connectivity index (χ1v) is 15.1. The molecule has 0 amide bonds. The van der Waals surface area contributed by atoms with Crippen molar-refractivity contribution in [2.75, 3.05) is 0 Å². The third-order valence-electron chi connectivity index (χ3n) is 6.24. The van der Waals surface area contributed by atoms with Gasteiger partial charge in [-0.2, -0.15) is 0 Å². The minimum absolute atomic E-state index is 0.00204. The summed E-state index contributed by atoms with van der Waals surface area (Å²) in [6, 6.07) is 11.8. The molecular formula is C32H49OSi. The molecule has 0 aliphatic carbocycles. The van der Waals surface area contributed by atoms with Crippen LogP contribution >= 0.6 is 0 Å². The van der Waals surface area contributed by atoms with E-state index in [-0.39, 0.29) is 21.7 Å². The van der Waals surface area contributed by atoms with Crippen LogP contribution in [0.2, 0.25) is 13.1 Å². The Morgan fingerprint density at radius 2 is 1.00 bits per heavy atom. The van der Waals surface area contributed by atoms with Crippen LogP contribution in [-0.2, 0) is 21.7 Å². The molecule has 0 saturated heterocycles. The van der Waals surface area contributed by atoms with Gasteiger partial charge in [-0.05, 0) is 68.6 Å². The summed E-state index contributed by atoms with van der Waals surface area (Å²) in [5, 5.41) is 0. The Labute approximate surface area is 212 Å². The summed E-state index contributed by atoms with van der Waals surface area (Å²) in [5.41, 5.74) is 8.11. The third kappa shape index (κ3) is 7.35. The van der Waals surface area contributed by atoms with Crippen LogP contribution in [0.15, 0.2) is 30.3 Å². The highest BCUT2D eigenvalue weighted by Crippen LogP contribution is 2.40. The van der Waals surface area contributed by atoms with Crippen LogP contribution in [0.5, 0.6) is 5.75 Å². The van der Waals surface area contributed by atoms with E-state index in [1.54, 1.807) is 0 Å². The van der Waals surface area contributed by atoms with Gasteiger partial charge in [0.15, 0.2) is 0 Å². The van der Waals surface area contributed by atoms with E-state index in [1.807, 2.05) is 0 Å². The topological polar surface area (TPSA) is 9.23 Å². The molecule has 0 aromatic heterocycles. The van der Waals surface area contributed by atoms with Gasteiger partial charge in [0.25, 0.3) is 9.04 Å². The van der Waals surface area contributed by atoms with Gasteiger partial charge < -0.3 is 4.43 Å². The Bertz CT molecular complexity index is 997. The zero-order chi connectivity index (χ0) is 26.3. The van der Waals surface area contributed by atoms with Gasteiger partial charge in [-0.15, -0.1) is 0 Å². The second-order valence-electron chi connectivity index (χ2n) is 14.1. The minimum Gasteiger partial charge on any atom is -0.542 e. The van der Waals surface area contributed by atoms with Crippen LogP contribution in [0.4, 0.5) is 0 Å². The van der Waals surface area contributed by atoms with E-state index in [1.165, 1.54) is 33.4 Å². The zero-order valence-corrected chi connectivity index (χ0v) is 25.4. The molecule has 2 aromatic rings. The van der Waals surface area contributed by atoms with Crippen molar-refractivity contribution in [3.05, 3.63) is 63.7 Å². The summed E-state index contributed by atoms with van der Waals surface area (Å²) in [6.45, 7) is 31.9. The minimum atomic E-state index is -0.906. The van der Waals surface area contributed by atoms with Crippen LogP contribution in [0.25, 0.3) is 12.2 Å². The number of hydrogen-bond donors (Lipinski definition) is 0. The number of benzene rings is 2. The number of rotatable bonds is 4. The maximum Gasteiger partial charge on any atom is 0.274 e. The lowest BCUT2D eigenvalue weighted by atomic mass is 9.78. The average molecular weight is 478 g/mol. The normalized spacial score (nSPS) is 13.7. The highest BCUT2D eigenvalue weighted by Gasteiger charge is 2.26. The Morgan fingerprint density at radius 1 is 0.559 bits per heavy atom. The molecule has 2 aromatic carbocycles. The van der Waals surface area contributed by atoms with E-state index in [4.69, 9.17) is 4.43 Å². The fourth-order valence-electron chi connectivity index (χ4n) is 3.88. The molecule has 0 heterocycles. The quantitative estimate of drug-likeness (QED) is 0.314. The third-order valence-corrected chi connectivity index (χ3v) is 6.85. The fraction of sp³-hybridized carbons (Fsp3) is 0.562. The number of hydrogen-bond acceptors (Lipinski definition) is 1. The summed E-state index contributed by atoms with van der Waals surface area (Å²) in [5.74, 6) is 1.05. The summed E-state index contributed by atoms with van der Waals surface area (Å²) in [6.07, 6.45) is 4.56. The first kappa shape index (κ1) is 28.4. The molecule has 0 unspecified atom stereocenters. The summed E-state index contributed by atoms with van der Waals surface area (Å²) < 4.78 is 6.57. The molecule has 34 heavy (non-hydrogen) atoms. The average Bonchev–Trinajstić information content (AvgIpc) is 2.63. The largest absolute Gasteiger partial charge is 0.542 e. The van der Waals surface area contributed by atoms with Crippen molar-refractivity contribution in [1.29, 1.82) is 0 Å². The van der Waals surface area contributed by atoms with Crippen molar-refractivity contribution >= 4 is 21.2 Å². The van der Waals surface area contributed by atoms with E-state index in [0.717, 1.165) is 5.75 Å². The summed E-state index contributed by atoms with van der Waals surface area (Å²) in [4.78, 5) is 0. The predicted octanol–water partition coefficient (Wildman–Crippen LogP) is 9.68. The molecule has 1 nitrogen and oxygen atoms in total. The Kier molecular flexibility index (Phi) is 8.10. The van der Waals surface area contributed by atoms with Gasteiger partial charge in [-0.1, -0.05) is 120 Å². The van der Waals surface area contributed by atoms with Crippen molar-refractivity contribution in [2.45, 2.75) is 118 Å². The van der Waals surface area contributed by atoms with Gasteiger partial charge in [0.1, 0.15) is 5.75 Å². The van der Waals surface area contributed by atoms with Gasteiger partial charge in [0, 0.05) is 5.56 Å². The molecule has 0 bridgehead atoms. The molecule has 0 fully saturated rings.